The van der Waals surface area contributed by atoms with Gasteiger partial charge < -0.3 is 10.1 Å². The molecule has 1 atom stereocenters. The second kappa shape index (κ2) is 5.64. The second-order valence-electron chi connectivity index (χ2n) is 4.67. The molecule has 1 saturated heterocycles. The minimum atomic E-state index is 0.377. The van der Waals surface area contributed by atoms with Gasteiger partial charge in [0.2, 0.25) is 5.88 Å². The van der Waals surface area contributed by atoms with Crippen molar-refractivity contribution >= 4 is 33.0 Å². The molecule has 0 spiro atoms. The van der Waals surface area contributed by atoms with E-state index in [-0.39, 0.29) is 0 Å². The molecule has 0 aromatic carbocycles. The van der Waals surface area contributed by atoms with E-state index in [9.17, 15) is 0 Å². The molecule has 19 heavy (non-hydrogen) atoms. The lowest BCUT2D eigenvalue weighted by Gasteiger charge is -2.22. The average Bonchev–Trinajstić information content (AvgIpc) is 2.92. The van der Waals surface area contributed by atoms with Crippen LogP contribution in [-0.4, -0.2) is 34.1 Å². The number of ether oxygens (including phenoxy) is 1. The van der Waals surface area contributed by atoms with Crippen molar-refractivity contribution in [3.8, 4) is 5.88 Å². The zero-order chi connectivity index (χ0) is 13.2. The highest BCUT2D eigenvalue weighted by molar-refractivity contribution is 9.10. The fourth-order valence-corrected chi connectivity index (χ4v) is 2.81. The van der Waals surface area contributed by atoms with Gasteiger partial charge in [-0.1, -0.05) is 11.6 Å². The maximum Gasteiger partial charge on any atom is 0.241 e. The zero-order valence-corrected chi connectivity index (χ0v) is 12.6. The summed E-state index contributed by atoms with van der Waals surface area (Å²) in [5.41, 5.74) is 0.819. The second-order valence-corrected chi connectivity index (χ2v) is 5.78. The third kappa shape index (κ3) is 2.70. The van der Waals surface area contributed by atoms with Gasteiger partial charge in [0.1, 0.15) is 16.4 Å². The van der Waals surface area contributed by atoms with Crippen molar-refractivity contribution in [3.05, 3.63) is 22.3 Å². The lowest BCUT2D eigenvalue weighted by molar-refractivity contribution is 0.213. The fraction of sp³-hybridized carbons (Fsp3) is 0.500. The molecule has 0 amide bonds. The van der Waals surface area contributed by atoms with Crippen molar-refractivity contribution in [3.63, 3.8) is 0 Å². The number of aromatic nitrogens is 3. The molecule has 102 valence electrons. The van der Waals surface area contributed by atoms with E-state index < -0.39 is 0 Å². The molecule has 0 bridgehead atoms. The van der Waals surface area contributed by atoms with Gasteiger partial charge in [0.15, 0.2) is 5.15 Å². The maximum absolute atomic E-state index is 6.07. The van der Waals surface area contributed by atoms with Crippen LogP contribution in [0.5, 0.6) is 5.88 Å². The van der Waals surface area contributed by atoms with Crippen molar-refractivity contribution in [2.45, 2.75) is 12.8 Å². The largest absolute Gasteiger partial charge is 0.476 e. The molecule has 2 aromatic rings. The number of hydrogen-bond acceptors (Lipinski definition) is 4. The Hall–Kier alpha value is -0.850. The van der Waals surface area contributed by atoms with Crippen LogP contribution in [0.3, 0.4) is 0 Å². The predicted molar refractivity (Wildman–Crippen MR) is 76.8 cm³/mol. The van der Waals surface area contributed by atoms with Crippen molar-refractivity contribution in [1.82, 2.24) is 19.7 Å². The summed E-state index contributed by atoms with van der Waals surface area (Å²) in [5, 5.41) is 3.75. The monoisotopic (exact) mass is 344 g/mol. The Labute approximate surface area is 124 Å². The first-order chi connectivity index (χ1) is 9.25. The molecule has 0 saturated carbocycles. The molecule has 1 aliphatic heterocycles. The Bertz CT molecular complexity index is 582. The summed E-state index contributed by atoms with van der Waals surface area (Å²) in [6.07, 6.45) is 5.79. The number of hydrogen-bond donors (Lipinski definition) is 1. The van der Waals surface area contributed by atoms with E-state index in [2.05, 4.69) is 31.2 Å². The van der Waals surface area contributed by atoms with Crippen LogP contribution in [0.25, 0.3) is 5.52 Å². The quantitative estimate of drug-likeness (QED) is 0.929. The third-order valence-electron chi connectivity index (χ3n) is 3.29. The molecule has 2 aromatic heterocycles. The number of nitrogens with zero attached hydrogens (tertiary/aromatic N) is 3. The maximum atomic E-state index is 6.07. The average molecular weight is 346 g/mol. The fourth-order valence-electron chi connectivity index (χ4n) is 2.27. The highest BCUT2D eigenvalue weighted by atomic mass is 79.9. The van der Waals surface area contributed by atoms with Crippen LogP contribution >= 0.6 is 27.5 Å². The number of imidazole rings is 1. The molecule has 7 heteroatoms. The van der Waals surface area contributed by atoms with E-state index in [0.717, 1.165) is 18.6 Å². The first-order valence-electron chi connectivity index (χ1n) is 6.26. The van der Waals surface area contributed by atoms with Crippen LogP contribution in [-0.2, 0) is 0 Å². The van der Waals surface area contributed by atoms with E-state index in [1.807, 2.05) is 4.40 Å². The summed E-state index contributed by atoms with van der Waals surface area (Å²) in [6.45, 7) is 2.75. The smallest absolute Gasteiger partial charge is 0.241 e. The first-order valence-corrected chi connectivity index (χ1v) is 7.43. The van der Waals surface area contributed by atoms with Crippen LogP contribution in [0.2, 0.25) is 5.15 Å². The van der Waals surface area contributed by atoms with Crippen molar-refractivity contribution < 1.29 is 4.74 Å². The Balaban J connectivity index is 1.80. The molecular weight excluding hydrogens is 332 g/mol. The number of rotatable bonds is 3. The minimum Gasteiger partial charge on any atom is -0.476 e. The van der Waals surface area contributed by atoms with Gasteiger partial charge in [0, 0.05) is 12.5 Å². The highest BCUT2D eigenvalue weighted by Crippen LogP contribution is 2.28. The van der Waals surface area contributed by atoms with Gasteiger partial charge in [-0.2, -0.15) is 4.98 Å². The number of nitrogens with one attached hydrogen (secondary N) is 1. The summed E-state index contributed by atoms with van der Waals surface area (Å²) < 4.78 is 8.35. The highest BCUT2D eigenvalue weighted by Gasteiger charge is 2.16. The van der Waals surface area contributed by atoms with Gasteiger partial charge in [-0.25, -0.2) is 4.98 Å². The van der Waals surface area contributed by atoms with E-state index in [1.165, 1.54) is 12.8 Å². The summed E-state index contributed by atoms with van der Waals surface area (Å²) >= 11 is 9.46. The zero-order valence-electron chi connectivity index (χ0n) is 10.3. The number of fused-ring (bicyclic) bond motifs is 1. The molecule has 0 aliphatic carbocycles. The van der Waals surface area contributed by atoms with Gasteiger partial charge in [-0.3, -0.25) is 4.40 Å². The Kier molecular flexibility index (Phi) is 3.91. The molecule has 1 fully saturated rings. The molecule has 0 unspecified atom stereocenters. The van der Waals surface area contributed by atoms with Crippen molar-refractivity contribution in [1.29, 1.82) is 0 Å². The van der Waals surface area contributed by atoms with Crippen LogP contribution in [0, 0.1) is 5.92 Å². The van der Waals surface area contributed by atoms with Crippen LogP contribution in [0.1, 0.15) is 12.8 Å². The molecule has 1 N–H and O–H groups in total. The Morgan fingerprint density at radius 3 is 3.26 bits per heavy atom. The minimum absolute atomic E-state index is 0.377. The molecule has 3 rings (SSSR count). The Morgan fingerprint density at radius 2 is 2.47 bits per heavy atom. The van der Waals surface area contributed by atoms with Gasteiger partial charge in [0.25, 0.3) is 0 Å². The molecule has 3 heterocycles. The normalized spacial score (nSPS) is 19.8. The molecule has 5 nitrogen and oxygen atoms in total. The Morgan fingerprint density at radius 1 is 1.58 bits per heavy atom. The first kappa shape index (κ1) is 13.1. The van der Waals surface area contributed by atoms with E-state index >= 15 is 0 Å². The van der Waals surface area contributed by atoms with Crippen LogP contribution in [0.4, 0.5) is 0 Å². The summed E-state index contributed by atoms with van der Waals surface area (Å²) in [7, 11) is 0. The lowest BCUT2D eigenvalue weighted by Crippen LogP contribution is -2.33. The van der Waals surface area contributed by atoms with E-state index in [4.69, 9.17) is 16.3 Å². The van der Waals surface area contributed by atoms with Gasteiger partial charge in [-0.05, 0) is 35.3 Å². The van der Waals surface area contributed by atoms with E-state index in [0.29, 0.717) is 28.2 Å². The summed E-state index contributed by atoms with van der Waals surface area (Å²) in [6, 6.07) is 0. The van der Waals surface area contributed by atoms with Gasteiger partial charge in [0.05, 0.1) is 12.8 Å². The van der Waals surface area contributed by atoms with Gasteiger partial charge in [-0.15, -0.1) is 0 Å². The van der Waals surface area contributed by atoms with Gasteiger partial charge >= 0.3 is 0 Å². The molecule has 1 aliphatic rings. The number of halogens is 2. The van der Waals surface area contributed by atoms with Crippen molar-refractivity contribution in [2.24, 2.45) is 5.92 Å². The standard InChI is InChI=1S/C12H14BrClN4O/c13-10-11(14)17-12(9-5-16-7-18(9)10)19-6-8-2-1-3-15-4-8/h5,7-8,15H,1-4,6H2/t8-/m1/s1. The molecule has 0 radical (unpaired) electrons. The lowest BCUT2D eigenvalue weighted by atomic mass is 10.0. The third-order valence-corrected chi connectivity index (χ3v) is 4.54. The molecular formula is C12H14BrClN4O. The summed E-state index contributed by atoms with van der Waals surface area (Å²) in [5.74, 6) is 1.07. The predicted octanol–water partition coefficient (Wildman–Crippen LogP) is 2.52. The van der Waals surface area contributed by atoms with Crippen LogP contribution in [0.15, 0.2) is 17.1 Å². The summed E-state index contributed by atoms with van der Waals surface area (Å²) in [4.78, 5) is 8.37. The SMILES string of the molecule is Clc1nc(OC[C@@H]2CCCNC2)c2cncn2c1Br. The van der Waals surface area contributed by atoms with Crippen molar-refractivity contribution in [2.75, 3.05) is 19.7 Å². The van der Waals surface area contributed by atoms with Crippen LogP contribution < -0.4 is 10.1 Å². The van der Waals surface area contributed by atoms with E-state index in [1.54, 1.807) is 12.5 Å². The topological polar surface area (TPSA) is 51.5 Å². The number of piperidine rings is 1.